The van der Waals surface area contributed by atoms with Crippen LogP contribution in [0.2, 0.25) is 0 Å². The van der Waals surface area contributed by atoms with Gasteiger partial charge in [-0.05, 0) is 72.5 Å². The number of aromatic nitrogens is 5. The van der Waals surface area contributed by atoms with Gasteiger partial charge in [-0.15, -0.1) is 5.10 Å². The Morgan fingerprint density at radius 1 is 1.17 bits per heavy atom. The Kier molecular flexibility index (Phi) is 7.58. The van der Waals surface area contributed by atoms with Gasteiger partial charge in [-0.25, -0.2) is 4.68 Å². The van der Waals surface area contributed by atoms with Gasteiger partial charge >= 0.3 is 0 Å². The van der Waals surface area contributed by atoms with Crippen molar-refractivity contribution in [3.8, 4) is 0 Å². The molecule has 0 unspecified atom stereocenters. The largest absolute Gasteiger partial charge is 0.376 e. The summed E-state index contributed by atoms with van der Waals surface area (Å²) in [4.78, 5) is 18.8. The van der Waals surface area contributed by atoms with Crippen molar-refractivity contribution in [2.75, 3.05) is 6.61 Å². The van der Waals surface area contributed by atoms with Crippen LogP contribution in [0.25, 0.3) is 10.9 Å². The molecule has 188 valence electrons. The molecule has 3 aromatic rings. The van der Waals surface area contributed by atoms with E-state index in [1.54, 1.807) is 0 Å². The lowest BCUT2D eigenvalue weighted by Gasteiger charge is -2.39. The number of rotatable bonds is 9. The number of hydrogen-bond donors (Lipinski definition) is 1. The van der Waals surface area contributed by atoms with E-state index < -0.39 is 0 Å². The summed E-state index contributed by atoms with van der Waals surface area (Å²) in [7, 11) is 0. The van der Waals surface area contributed by atoms with E-state index in [1.807, 2.05) is 17.7 Å². The van der Waals surface area contributed by atoms with Gasteiger partial charge in [-0.1, -0.05) is 44.7 Å². The number of hydrogen-bond acceptors (Lipinski definition) is 6. The van der Waals surface area contributed by atoms with Crippen molar-refractivity contribution in [1.82, 2.24) is 30.1 Å². The zero-order valence-corrected chi connectivity index (χ0v) is 21.1. The first-order chi connectivity index (χ1) is 17.1. The number of aryl methyl sites for hydroxylation is 1. The minimum atomic E-state index is -0.00175. The van der Waals surface area contributed by atoms with Crippen molar-refractivity contribution in [2.24, 2.45) is 0 Å². The summed E-state index contributed by atoms with van der Waals surface area (Å²) in [5.74, 6) is 0.903. The number of benzene rings is 1. The third-order valence-electron chi connectivity index (χ3n) is 7.70. The van der Waals surface area contributed by atoms with Crippen molar-refractivity contribution in [3.63, 3.8) is 0 Å². The Labute approximate surface area is 207 Å². The zero-order chi connectivity index (χ0) is 24.2. The number of fused-ring (bicyclic) bond motifs is 1. The average Bonchev–Trinajstić information content (AvgIpc) is 3.55. The van der Waals surface area contributed by atoms with Gasteiger partial charge in [0.25, 0.3) is 5.56 Å². The fourth-order valence-electron chi connectivity index (χ4n) is 5.86. The lowest BCUT2D eigenvalue weighted by atomic mass is 9.91. The summed E-state index contributed by atoms with van der Waals surface area (Å²) in [6.45, 7) is 6.37. The van der Waals surface area contributed by atoms with E-state index in [0.717, 1.165) is 73.0 Å². The maximum atomic E-state index is 13.2. The van der Waals surface area contributed by atoms with E-state index in [9.17, 15) is 4.79 Å². The van der Waals surface area contributed by atoms with E-state index in [2.05, 4.69) is 50.5 Å². The quantitative estimate of drug-likeness (QED) is 0.480. The minimum Gasteiger partial charge on any atom is -0.376 e. The van der Waals surface area contributed by atoms with Gasteiger partial charge < -0.3 is 9.72 Å². The number of nitrogens with zero attached hydrogens (tertiary/aromatic N) is 5. The summed E-state index contributed by atoms with van der Waals surface area (Å²) in [5.41, 5.74) is 2.85. The molecule has 0 bridgehead atoms. The molecule has 2 atom stereocenters. The standard InChI is InChI=1S/C27H38N6O2/c1-3-8-25(26-29-30-31-33(26)18-23-11-7-14-35-23)32(22-9-5-4-6-10-22)17-21-16-20-13-12-19(2)15-24(20)28-27(21)34/h12-13,15-16,22-23,25H,3-11,14,17-18H2,1-2H3,(H,28,34)/t23-,25+/m1/s1. The highest BCUT2D eigenvalue weighted by molar-refractivity contribution is 5.79. The van der Waals surface area contributed by atoms with Gasteiger partial charge in [0.2, 0.25) is 0 Å². The molecule has 8 nitrogen and oxygen atoms in total. The van der Waals surface area contributed by atoms with Gasteiger partial charge in [0, 0.05) is 30.3 Å². The molecule has 1 saturated carbocycles. The number of H-pyrrole nitrogens is 1. The molecule has 0 amide bonds. The first kappa shape index (κ1) is 24.1. The van der Waals surface area contributed by atoms with Crippen LogP contribution in [0.3, 0.4) is 0 Å². The topological polar surface area (TPSA) is 88.9 Å². The smallest absolute Gasteiger partial charge is 0.252 e. The van der Waals surface area contributed by atoms with Gasteiger partial charge in [0.05, 0.1) is 18.7 Å². The Bertz CT molecular complexity index is 1180. The zero-order valence-electron chi connectivity index (χ0n) is 21.1. The van der Waals surface area contributed by atoms with Crippen LogP contribution in [0, 0.1) is 6.92 Å². The lowest BCUT2D eigenvalue weighted by molar-refractivity contribution is 0.0713. The molecule has 1 saturated heterocycles. The molecule has 1 aliphatic heterocycles. The molecule has 35 heavy (non-hydrogen) atoms. The number of aromatic amines is 1. The highest BCUT2D eigenvalue weighted by atomic mass is 16.5. The second-order valence-corrected chi connectivity index (χ2v) is 10.3. The monoisotopic (exact) mass is 478 g/mol. The highest BCUT2D eigenvalue weighted by Gasteiger charge is 2.33. The number of ether oxygens (including phenoxy) is 1. The molecule has 3 heterocycles. The van der Waals surface area contributed by atoms with Crippen LogP contribution in [0.4, 0.5) is 0 Å². The summed E-state index contributed by atoms with van der Waals surface area (Å²) >= 11 is 0. The van der Waals surface area contributed by atoms with Gasteiger partial charge in [0.15, 0.2) is 5.82 Å². The van der Waals surface area contributed by atoms with Crippen molar-refractivity contribution in [3.05, 3.63) is 51.6 Å². The summed E-state index contributed by atoms with van der Waals surface area (Å²) in [6.07, 6.45) is 10.3. The number of pyridine rings is 1. The van der Waals surface area contributed by atoms with Crippen LogP contribution in [0.5, 0.6) is 0 Å². The van der Waals surface area contributed by atoms with Crippen molar-refractivity contribution < 1.29 is 4.74 Å². The number of nitrogens with one attached hydrogen (secondary N) is 1. The molecule has 8 heteroatoms. The van der Waals surface area contributed by atoms with Crippen LogP contribution < -0.4 is 5.56 Å². The molecule has 5 rings (SSSR count). The van der Waals surface area contributed by atoms with E-state index in [0.29, 0.717) is 19.1 Å². The normalized spacial score (nSPS) is 20.1. The fraction of sp³-hybridized carbons (Fsp3) is 0.630. The van der Waals surface area contributed by atoms with E-state index >= 15 is 0 Å². The SMILES string of the molecule is CCC[C@@H](c1nnnn1C[C@H]1CCCO1)N(Cc1cc2ccc(C)cc2[nH]c1=O)C1CCCCC1. The third-order valence-corrected chi connectivity index (χ3v) is 7.70. The molecule has 2 aromatic heterocycles. The Balaban J connectivity index is 1.50. The Hall–Kier alpha value is -2.58. The van der Waals surface area contributed by atoms with E-state index in [4.69, 9.17) is 4.74 Å². The molecule has 0 spiro atoms. The van der Waals surface area contributed by atoms with Crippen molar-refractivity contribution in [2.45, 2.75) is 103 Å². The molecule has 1 aliphatic carbocycles. The van der Waals surface area contributed by atoms with E-state index in [-0.39, 0.29) is 17.7 Å². The molecule has 2 fully saturated rings. The van der Waals surface area contributed by atoms with Crippen molar-refractivity contribution in [1.29, 1.82) is 0 Å². The maximum Gasteiger partial charge on any atom is 0.252 e. The lowest BCUT2D eigenvalue weighted by Crippen LogP contribution is -2.41. The fourth-order valence-corrected chi connectivity index (χ4v) is 5.86. The Morgan fingerprint density at radius 3 is 2.80 bits per heavy atom. The van der Waals surface area contributed by atoms with Crippen LogP contribution in [-0.2, 0) is 17.8 Å². The second-order valence-electron chi connectivity index (χ2n) is 10.3. The van der Waals surface area contributed by atoms with Crippen LogP contribution in [-0.4, -0.2) is 48.8 Å². The molecular formula is C27H38N6O2. The first-order valence-electron chi connectivity index (χ1n) is 13.4. The predicted octanol–water partition coefficient (Wildman–Crippen LogP) is 4.68. The van der Waals surface area contributed by atoms with Gasteiger partial charge in [-0.3, -0.25) is 9.69 Å². The summed E-state index contributed by atoms with van der Waals surface area (Å²) < 4.78 is 7.84. The number of tetrazole rings is 1. The molecule has 0 radical (unpaired) electrons. The average molecular weight is 479 g/mol. The second kappa shape index (κ2) is 11.0. The molecule has 1 N–H and O–H groups in total. The molecule has 2 aliphatic rings. The molecular weight excluding hydrogens is 440 g/mol. The maximum absolute atomic E-state index is 13.2. The first-order valence-corrected chi connectivity index (χ1v) is 13.4. The highest BCUT2D eigenvalue weighted by Crippen LogP contribution is 2.34. The van der Waals surface area contributed by atoms with E-state index in [1.165, 1.54) is 19.3 Å². The van der Waals surface area contributed by atoms with Crippen molar-refractivity contribution >= 4 is 10.9 Å². The molecule has 1 aromatic carbocycles. The Morgan fingerprint density at radius 2 is 2.03 bits per heavy atom. The minimum absolute atomic E-state index is 0.00175. The van der Waals surface area contributed by atoms with Gasteiger partial charge in [-0.2, -0.15) is 0 Å². The summed E-state index contributed by atoms with van der Waals surface area (Å²) in [5, 5.41) is 14.1. The summed E-state index contributed by atoms with van der Waals surface area (Å²) in [6, 6.07) is 8.79. The van der Waals surface area contributed by atoms with Crippen LogP contribution in [0.1, 0.15) is 87.7 Å². The third kappa shape index (κ3) is 5.48. The predicted molar refractivity (Wildman–Crippen MR) is 136 cm³/mol. The van der Waals surface area contributed by atoms with Gasteiger partial charge in [0.1, 0.15) is 0 Å². The van der Waals surface area contributed by atoms with Crippen LogP contribution in [0.15, 0.2) is 29.1 Å². The van der Waals surface area contributed by atoms with Crippen LogP contribution >= 0.6 is 0 Å².